The molecule has 0 radical (unpaired) electrons. The molecule has 0 saturated carbocycles. The highest BCUT2D eigenvalue weighted by molar-refractivity contribution is 6.35. The molecule has 2 aromatic rings. The molecule has 3 heteroatoms. The second kappa shape index (κ2) is 5.08. The maximum Gasteiger partial charge on any atom is 0.125 e. The fraction of sp³-hybridized carbons (Fsp3) is 0.250. The summed E-state index contributed by atoms with van der Waals surface area (Å²) in [4.78, 5) is 4.06. The van der Waals surface area contributed by atoms with Crippen molar-refractivity contribution in [2.75, 3.05) is 0 Å². The van der Waals surface area contributed by atoms with Gasteiger partial charge in [-0.05, 0) is 25.1 Å². The molecular formula is C12H13ClFN. The van der Waals surface area contributed by atoms with Crippen LogP contribution in [0.15, 0.2) is 24.4 Å². The molecule has 0 aliphatic heterocycles. The zero-order valence-electron chi connectivity index (χ0n) is 9.01. The molecule has 0 atom stereocenters. The highest BCUT2D eigenvalue weighted by Crippen LogP contribution is 2.25. The summed E-state index contributed by atoms with van der Waals surface area (Å²) in [5, 5.41) is 2.04. The fourth-order valence-corrected chi connectivity index (χ4v) is 1.62. The smallest absolute Gasteiger partial charge is 0.125 e. The van der Waals surface area contributed by atoms with Gasteiger partial charge in [0, 0.05) is 22.7 Å². The van der Waals surface area contributed by atoms with E-state index in [-0.39, 0.29) is 5.82 Å². The summed E-state index contributed by atoms with van der Waals surface area (Å²) in [6, 6.07) is 4.54. The van der Waals surface area contributed by atoms with Crippen LogP contribution in [-0.4, -0.2) is 4.98 Å². The average molecular weight is 226 g/mol. The lowest BCUT2D eigenvalue weighted by molar-refractivity contribution is 0.629. The van der Waals surface area contributed by atoms with E-state index in [0.29, 0.717) is 5.02 Å². The van der Waals surface area contributed by atoms with Crippen LogP contribution in [0.4, 0.5) is 4.39 Å². The minimum absolute atomic E-state index is 0.325. The first kappa shape index (κ1) is 11.9. The molecular weight excluding hydrogens is 213 g/mol. The summed E-state index contributed by atoms with van der Waals surface area (Å²) in [6.45, 7) is 5.83. The van der Waals surface area contributed by atoms with Gasteiger partial charge in [0.2, 0.25) is 0 Å². The molecule has 80 valence electrons. The molecule has 0 fully saturated rings. The van der Waals surface area contributed by atoms with Crippen LogP contribution < -0.4 is 0 Å². The molecule has 1 aromatic carbocycles. The number of rotatable bonds is 0. The topological polar surface area (TPSA) is 12.9 Å². The van der Waals surface area contributed by atoms with Gasteiger partial charge in [0.25, 0.3) is 0 Å². The Morgan fingerprint density at radius 2 is 1.87 bits per heavy atom. The summed E-state index contributed by atoms with van der Waals surface area (Å²) in [5.41, 5.74) is 0.791. The number of nitrogens with zero attached hydrogens (tertiary/aromatic N) is 1. The van der Waals surface area contributed by atoms with Crippen LogP contribution in [0.2, 0.25) is 5.02 Å². The monoisotopic (exact) mass is 225 g/mol. The lowest BCUT2D eigenvalue weighted by Gasteiger charge is -2.02. The van der Waals surface area contributed by atoms with Crippen molar-refractivity contribution in [3.05, 3.63) is 40.9 Å². The van der Waals surface area contributed by atoms with Gasteiger partial charge in [-0.1, -0.05) is 25.4 Å². The van der Waals surface area contributed by atoms with Crippen molar-refractivity contribution in [2.24, 2.45) is 0 Å². The fourth-order valence-electron chi connectivity index (χ4n) is 1.35. The first-order valence-corrected chi connectivity index (χ1v) is 5.26. The van der Waals surface area contributed by atoms with Gasteiger partial charge < -0.3 is 0 Å². The molecule has 0 bridgehead atoms. The maximum absolute atomic E-state index is 13.0. The number of hydrogen-bond donors (Lipinski definition) is 0. The molecule has 1 aromatic heterocycles. The molecule has 15 heavy (non-hydrogen) atoms. The largest absolute Gasteiger partial charge is 0.261 e. The van der Waals surface area contributed by atoms with Gasteiger partial charge in [-0.15, -0.1) is 0 Å². The lowest BCUT2D eigenvalue weighted by Crippen LogP contribution is -1.85. The molecule has 0 spiro atoms. The molecule has 1 heterocycles. The summed E-state index contributed by atoms with van der Waals surface area (Å²) >= 11 is 5.87. The Balaban J connectivity index is 0.000000531. The summed E-state index contributed by atoms with van der Waals surface area (Å²) in [6.07, 6.45) is 1.67. The van der Waals surface area contributed by atoms with Gasteiger partial charge in [0.1, 0.15) is 5.82 Å². The van der Waals surface area contributed by atoms with Crippen LogP contribution in [-0.2, 0) is 0 Å². The van der Waals surface area contributed by atoms with E-state index in [4.69, 9.17) is 11.6 Å². The molecule has 0 aliphatic carbocycles. The van der Waals surface area contributed by atoms with Gasteiger partial charge in [-0.2, -0.15) is 0 Å². The Hall–Kier alpha value is -1.15. The highest BCUT2D eigenvalue weighted by atomic mass is 35.5. The highest BCUT2D eigenvalue weighted by Gasteiger charge is 2.04. The maximum atomic E-state index is 13.0. The summed E-state index contributed by atoms with van der Waals surface area (Å²) in [7, 11) is 0. The zero-order chi connectivity index (χ0) is 11.4. The molecule has 1 nitrogen and oxygen atoms in total. The van der Waals surface area contributed by atoms with Crippen molar-refractivity contribution in [1.82, 2.24) is 4.98 Å². The standard InChI is InChI=1S/C10H7ClFN.C2H6/c1-6-9-4-7(12)5-10(11)8(9)2-3-13-6;1-2/h2-5H,1H3;1-2H3. The van der Waals surface area contributed by atoms with E-state index in [1.54, 1.807) is 12.3 Å². The first-order valence-electron chi connectivity index (χ1n) is 4.89. The van der Waals surface area contributed by atoms with Crippen LogP contribution in [0.3, 0.4) is 0 Å². The van der Waals surface area contributed by atoms with Crippen molar-refractivity contribution in [3.63, 3.8) is 0 Å². The normalized spacial score (nSPS) is 9.67. The summed E-state index contributed by atoms with van der Waals surface area (Å²) in [5.74, 6) is -0.325. The van der Waals surface area contributed by atoms with Gasteiger partial charge in [-0.3, -0.25) is 4.98 Å². The number of aromatic nitrogens is 1. The minimum atomic E-state index is -0.325. The number of benzene rings is 1. The van der Waals surface area contributed by atoms with Crippen LogP contribution in [0.25, 0.3) is 10.8 Å². The minimum Gasteiger partial charge on any atom is -0.261 e. The summed E-state index contributed by atoms with van der Waals surface area (Å²) < 4.78 is 13.0. The Kier molecular flexibility index (Phi) is 4.04. The van der Waals surface area contributed by atoms with E-state index < -0.39 is 0 Å². The van der Waals surface area contributed by atoms with Gasteiger partial charge >= 0.3 is 0 Å². The number of halogens is 2. The van der Waals surface area contributed by atoms with Crippen LogP contribution >= 0.6 is 11.6 Å². The molecule has 0 amide bonds. The van der Waals surface area contributed by atoms with Crippen LogP contribution in [0, 0.1) is 12.7 Å². The van der Waals surface area contributed by atoms with Gasteiger partial charge in [-0.25, -0.2) is 4.39 Å². The van der Waals surface area contributed by atoms with E-state index in [1.807, 2.05) is 20.8 Å². The van der Waals surface area contributed by atoms with Gasteiger partial charge in [0.15, 0.2) is 0 Å². The van der Waals surface area contributed by atoms with Crippen LogP contribution in [0.1, 0.15) is 19.5 Å². The average Bonchev–Trinajstić information content (AvgIpc) is 2.23. The second-order valence-corrected chi connectivity index (χ2v) is 3.29. The van der Waals surface area contributed by atoms with Crippen LogP contribution in [0.5, 0.6) is 0 Å². The Bertz CT molecular complexity index is 468. The number of aryl methyl sites for hydroxylation is 1. The van der Waals surface area contributed by atoms with Crippen molar-refractivity contribution in [3.8, 4) is 0 Å². The molecule has 0 N–H and O–H groups in total. The third kappa shape index (κ3) is 2.45. The molecule has 0 aliphatic rings. The SMILES string of the molecule is CC.Cc1nccc2c(Cl)cc(F)cc12. The zero-order valence-corrected chi connectivity index (χ0v) is 9.77. The van der Waals surface area contributed by atoms with Crippen molar-refractivity contribution in [2.45, 2.75) is 20.8 Å². The predicted molar refractivity (Wildman–Crippen MR) is 62.8 cm³/mol. The van der Waals surface area contributed by atoms with E-state index in [1.165, 1.54) is 12.1 Å². The van der Waals surface area contributed by atoms with Crippen molar-refractivity contribution in [1.29, 1.82) is 0 Å². The number of hydrogen-bond acceptors (Lipinski definition) is 1. The Morgan fingerprint density at radius 1 is 1.20 bits per heavy atom. The lowest BCUT2D eigenvalue weighted by atomic mass is 10.1. The van der Waals surface area contributed by atoms with Crippen molar-refractivity contribution >= 4 is 22.4 Å². The second-order valence-electron chi connectivity index (χ2n) is 2.88. The predicted octanol–water partition coefficient (Wildman–Crippen LogP) is 4.36. The number of fused-ring (bicyclic) bond motifs is 1. The number of pyridine rings is 1. The molecule has 0 unspecified atom stereocenters. The Labute approximate surface area is 93.9 Å². The van der Waals surface area contributed by atoms with Gasteiger partial charge in [0.05, 0.1) is 5.02 Å². The van der Waals surface area contributed by atoms with E-state index in [9.17, 15) is 4.39 Å². The first-order chi connectivity index (χ1) is 7.18. The third-order valence-electron chi connectivity index (χ3n) is 1.99. The van der Waals surface area contributed by atoms with Crippen molar-refractivity contribution < 1.29 is 4.39 Å². The van der Waals surface area contributed by atoms with E-state index >= 15 is 0 Å². The quantitative estimate of drug-likeness (QED) is 0.649. The third-order valence-corrected chi connectivity index (χ3v) is 2.31. The Morgan fingerprint density at radius 3 is 2.53 bits per heavy atom. The van der Waals surface area contributed by atoms with E-state index in [0.717, 1.165) is 16.5 Å². The molecule has 2 rings (SSSR count). The molecule has 0 saturated heterocycles. The van der Waals surface area contributed by atoms with E-state index in [2.05, 4.69) is 4.98 Å².